The van der Waals surface area contributed by atoms with Crippen LogP contribution in [0.1, 0.15) is 25.0 Å². The monoisotopic (exact) mass is 321 g/mol. The van der Waals surface area contributed by atoms with Gasteiger partial charge >= 0.3 is 0 Å². The van der Waals surface area contributed by atoms with Crippen molar-refractivity contribution in [3.05, 3.63) is 53.9 Å². The maximum absolute atomic E-state index is 4.62. The molecule has 0 aliphatic carbocycles. The summed E-state index contributed by atoms with van der Waals surface area (Å²) >= 11 is 0. The minimum Gasteiger partial charge on any atom is -0.278 e. The second-order valence-electron chi connectivity index (χ2n) is 5.78. The van der Waals surface area contributed by atoms with Crippen LogP contribution in [0.3, 0.4) is 0 Å². The quantitative estimate of drug-likeness (QED) is 0.594. The summed E-state index contributed by atoms with van der Waals surface area (Å²) in [5.41, 5.74) is 8.76. The summed E-state index contributed by atoms with van der Waals surface area (Å²) in [5.74, 6) is 0. The molecule has 0 bridgehead atoms. The molecule has 124 valence electrons. The Labute approximate surface area is 141 Å². The number of benzene rings is 2. The lowest BCUT2D eigenvalue weighted by molar-refractivity contribution is 0.780. The van der Waals surface area contributed by atoms with Crippen LogP contribution >= 0.6 is 0 Å². The predicted octanol–water partition coefficient (Wildman–Crippen LogP) is 4.44. The van der Waals surface area contributed by atoms with Gasteiger partial charge in [0.05, 0.1) is 22.9 Å². The summed E-state index contributed by atoms with van der Waals surface area (Å²) in [5, 5.41) is 11.3. The first-order valence-electron chi connectivity index (χ1n) is 8.25. The number of hydrogen-bond acceptors (Lipinski definition) is 3. The Morgan fingerprint density at radius 1 is 0.917 bits per heavy atom. The Kier molecular flexibility index (Phi) is 4.25. The van der Waals surface area contributed by atoms with Crippen molar-refractivity contribution in [2.24, 2.45) is 7.05 Å². The fourth-order valence-electron chi connectivity index (χ4n) is 2.90. The van der Waals surface area contributed by atoms with Crippen molar-refractivity contribution in [2.75, 3.05) is 5.43 Å². The van der Waals surface area contributed by atoms with E-state index in [-0.39, 0.29) is 0 Å². The van der Waals surface area contributed by atoms with Crippen LogP contribution in [0.15, 0.2) is 42.7 Å². The zero-order valence-electron chi connectivity index (χ0n) is 14.8. The summed E-state index contributed by atoms with van der Waals surface area (Å²) in [4.78, 5) is 1.77. The molecule has 5 nitrogen and oxygen atoms in total. The molecule has 1 N–H and O–H groups in total. The van der Waals surface area contributed by atoms with Crippen LogP contribution in [0.5, 0.6) is 0 Å². The van der Waals surface area contributed by atoms with Crippen LogP contribution in [0, 0.1) is 13.8 Å². The van der Waals surface area contributed by atoms with Gasteiger partial charge in [0.1, 0.15) is 0 Å². The number of aryl methyl sites for hydroxylation is 3. The SMILES string of the molecule is CC.Cc1cc(C)c2nn(Nc3ccc4nn(C)cc4c3)cc2c1. The third-order valence-corrected chi connectivity index (χ3v) is 3.81. The fourth-order valence-corrected chi connectivity index (χ4v) is 2.90. The largest absolute Gasteiger partial charge is 0.278 e. The number of aromatic nitrogens is 4. The Morgan fingerprint density at radius 2 is 1.71 bits per heavy atom. The first kappa shape index (κ1) is 16.1. The number of hydrogen-bond donors (Lipinski definition) is 1. The number of nitrogens with one attached hydrogen (secondary N) is 1. The van der Waals surface area contributed by atoms with E-state index in [1.54, 1.807) is 4.79 Å². The van der Waals surface area contributed by atoms with E-state index in [1.807, 2.05) is 50.1 Å². The third kappa shape index (κ3) is 2.97. The van der Waals surface area contributed by atoms with Crippen LogP contribution in [-0.4, -0.2) is 19.7 Å². The highest BCUT2D eigenvalue weighted by Gasteiger charge is 2.06. The predicted molar refractivity (Wildman–Crippen MR) is 100 cm³/mol. The molecule has 0 saturated heterocycles. The minimum atomic E-state index is 0.989. The lowest BCUT2D eigenvalue weighted by atomic mass is 10.1. The zero-order chi connectivity index (χ0) is 17.3. The highest BCUT2D eigenvalue weighted by atomic mass is 15.5. The van der Waals surface area contributed by atoms with E-state index in [4.69, 9.17) is 0 Å². The molecule has 0 aliphatic rings. The van der Waals surface area contributed by atoms with Crippen LogP contribution in [0.25, 0.3) is 21.8 Å². The molecule has 0 atom stereocenters. The maximum Gasteiger partial charge on any atom is 0.0973 e. The number of nitrogens with zero attached hydrogens (tertiary/aromatic N) is 4. The van der Waals surface area contributed by atoms with Gasteiger partial charge in [-0.15, -0.1) is 0 Å². The van der Waals surface area contributed by atoms with E-state index in [0.29, 0.717) is 0 Å². The molecule has 2 heterocycles. The molecule has 4 aromatic rings. The number of anilines is 1. The van der Waals surface area contributed by atoms with E-state index < -0.39 is 0 Å². The molecule has 4 rings (SSSR count). The molecular formula is C19H23N5. The van der Waals surface area contributed by atoms with Crippen LogP contribution in [0.2, 0.25) is 0 Å². The average molecular weight is 321 g/mol. The first-order chi connectivity index (χ1) is 11.6. The second-order valence-corrected chi connectivity index (χ2v) is 5.78. The van der Waals surface area contributed by atoms with E-state index in [1.165, 1.54) is 11.1 Å². The van der Waals surface area contributed by atoms with Crippen molar-refractivity contribution in [1.29, 1.82) is 0 Å². The Balaban J connectivity index is 0.000000815. The second kappa shape index (κ2) is 6.35. The summed E-state index contributed by atoms with van der Waals surface area (Å²) in [6.07, 6.45) is 4.02. The highest BCUT2D eigenvalue weighted by Crippen LogP contribution is 2.21. The zero-order valence-corrected chi connectivity index (χ0v) is 14.8. The van der Waals surface area contributed by atoms with Gasteiger partial charge in [-0.2, -0.15) is 15.0 Å². The van der Waals surface area contributed by atoms with Crippen molar-refractivity contribution in [1.82, 2.24) is 19.7 Å². The summed E-state index contributed by atoms with van der Waals surface area (Å²) < 4.78 is 1.82. The topological polar surface area (TPSA) is 47.7 Å². The van der Waals surface area contributed by atoms with Gasteiger partial charge in [0, 0.05) is 24.0 Å². The van der Waals surface area contributed by atoms with Crippen LogP contribution < -0.4 is 5.43 Å². The van der Waals surface area contributed by atoms with Crippen molar-refractivity contribution in [3.63, 3.8) is 0 Å². The van der Waals surface area contributed by atoms with Gasteiger partial charge in [0.15, 0.2) is 0 Å². The van der Waals surface area contributed by atoms with Gasteiger partial charge in [-0.3, -0.25) is 10.1 Å². The van der Waals surface area contributed by atoms with Crippen LogP contribution in [0.4, 0.5) is 5.69 Å². The van der Waals surface area contributed by atoms with Crippen molar-refractivity contribution in [2.45, 2.75) is 27.7 Å². The van der Waals surface area contributed by atoms with Gasteiger partial charge in [-0.05, 0) is 43.7 Å². The van der Waals surface area contributed by atoms with Gasteiger partial charge in [-0.1, -0.05) is 25.5 Å². The van der Waals surface area contributed by atoms with Gasteiger partial charge < -0.3 is 0 Å². The van der Waals surface area contributed by atoms with Crippen molar-refractivity contribution < 1.29 is 0 Å². The summed E-state index contributed by atoms with van der Waals surface area (Å²) in [6, 6.07) is 10.4. The minimum absolute atomic E-state index is 0.989. The molecule has 0 aliphatic heterocycles. The lowest BCUT2D eigenvalue weighted by Gasteiger charge is -2.05. The van der Waals surface area contributed by atoms with E-state index in [0.717, 1.165) is 27.5 Å². The van der Waals surface area contributed by atoms with Crippen molar-refractivity contribution in [3.8, 4) is 0 Å². The number of fused-ring (bicyclic) bond motifs is 2. The molecule has 0 spiro atoms. The standard InChI is InChI=1S/C17H17N5.C2H6/c1-11-6-12(2)17-14(7-11)10-22(20-17)18-15-4-5-16-13(8-15)9-21(3)19-16;1-2/h4-10,18H,1-3H3;1-2H3. The maximum atomic E-state index is 4.62. The molecule has 2 aromatic heterocycles. The molecule has 0 saturated carbocycles. The van der Waals surface area contributed by atoms with Gasteiger partial charge in [0.2, 0.25) is 0 Å². The molecule has 0 unspecified atom stereocenters. The molecule has 0 amide bonds. The van der Waals surface area contributed by atoms with Crippen molar-refractivity contribution >= 4 is 27.5 Å². The van der Waals surface area contributed by atoms with E-state index in [2.05, 4.69) is 47.7 Å². The van der Waals surface area contributed by atoms with Crippen LogP contribution in [-0.2, 0) is 7.05 Å². The smallest absolute Gasteiger partial charge is 0.0973 e. The third-order valence-electron chi connectivity index (χ3n) is 3.81. The normalized spacial score (nSPS) is 10.7. The van der Waals surface area contributed by atoms with E-state index >= 15 is 0 Å². The fraction of sp³-hybridized carbons (Fsp3) is 0.263. The molecule has 0 radical (unpaired) electrons. The summed E-state index contributed by atoms with van der Waals surface area (Å²) in [6.45, 7) is 8.20. The lowest BCUT2D eigenvalue weighted by Crippen LogP contribution is -2.08. The Bertz CT molecular complexity index is 994. The highest BCUT2D eigenvalue weighted by molar-refractivity contribution is 5.83. The van der Waals surface area contributed by atoms with E-state index in [9.17, 15) is 0 Å². The molecule has 5 heteroatoms. The average Bonchev–Trinajstić information content (AvgIpc) is 3.11. The molecule has 2 aromatic carbocycles. The van der Waals surface area contributed by atoms with Gasteiger partial charge in [0.25, 0.3) is 0 Å². The Morgan fingerprint density at radius 3 is 2.50 bits per heavy atom. The van der Waals surface area contributed by atoms with Gasteiger partial charge in [-0.25, -0.2) is 0 Å². The molecule has 24 heavy (non-hydrogen) atoms. The summed E-state index contributed by atoms with van der Waals surface area (Å²) in [7, 11) is 1.93. The number of rotatable bonds is 2. The first-order valence-corrected chi connectivity index (χ1v) is 8.25. The molecule has 0 fully saturated rings. The Hall–Kier alpha value is -2.82. The molecular weight excluding hydrogens is 298 g/mol.